The van der Waals surface area contributed by atoms with Crippen LogP contribution in [-0.4, -0.2) is 26.6 Å². The molecule has 0 aliphatic rings. The first kappa shape index (κ1) is 19.8. The van der Waals surface area contributed by atoms with Crippen LogP contribution >= 0.6 is 0 Å². The number of hydrogen-bond donors (Lipinski definition) is 1. The van der Waals surface area contributed by atoms with E-state index in [-0.39, 0.29) is 12.2 Å². The van der Waals surface area contributed by atoms with Crippen LogP contribution in [0.4, 0.5) is 10.1 Å². The summed E-state index contributed by atoms with van der Waals surface area (Å²) in [6.07, 6.45) is 1.02. The Morgan fingerprint density at radius 1 is 1.04 bits per heavy atom. The third kappa shape index (κ3) is 4.48. The summed E-state index contributed by atoms with van der Waals surface area (Å²) in [7, 11) is -3.74. The maximum Gasteiger partial charge on any atom is 0.243 e. The van der Waals surface area contributed by atoms with Gasteiger partial charge in [0.1, 0.15) is 11.9 Å². The zero-order valence-corrected chi connectivity index (χ0v) is 16.4. The van der Waals surface area contributed by atoms with Gasteiger partial charge in [-0.05, 0) is 53.6 Å². The zero-order chi connectivity index (χ0) is 20.3. The maximum atomic E-state index is 13.2. The van der Waals surface area contributed by atoms with Crippen LogP contribution in [0.2, 0.25) is 0 Å². The number of rotatable bonds is 6. The van der Waals surface area contributed by atoms with Gasteiger partial charge >= 0.3 is 0 Å². The number of hydrogen-bond acceptors (Lipinski definition) is 3. The average molecular weight is 400 g/mol. The molecule has 146 valence electrons. The third-order valence-corrected chi connectivity index (χ3v) is 5.69. The minimum absolute atomic E-state index is 0.234. The largest absolute Gasteiger partial charge is 0.350 e. The number of carbonyl (C=O) groups is 1. The van der Waals surface area contributed by atoms with Gasteiger partial charge in [0.15, 0.2) is 0 Å². The first-order valence-corrected chi connectivity index (χ1v) is 10.6. The van der Waals surface area contributed by atoms with E-state index >= 15 is 0 Å². The van der Waals surface area contributed by atoms with Gasteiger partial charge < -0.3 is 5.32 Å². The average Bonchev–Trinajstić information content (AvgIpc) is 2.66. The molecule has 3 aromatic rings. The van der Waals surface area contributed by atoms with E-state index in [1.165, 1.54) is 19.1 Å². The van der Waals surface area contributed by atoms with Gasteiger partial charge in [-0.1, -0.05) is 36.4 Å². The van der Waals surface area contributed by atoms with Crippen LogP contribution < -0.4 is 9.62 Å². The van der Waals surface area contributed by atoms with Gasteiger partial charge in [0.2, 0.25) is 15.9 Å². The normalized spacial score (nSPS) is 12.5. The van der Waals surface area contributed by atoms with Gasteiger partial charge in [0, 0.05) is 6.54 Å². The van der Waals surface area contributed by atoms with Gasteiger partial charge in [-0.3, -0.25) is 9.10 Å². The summed E-state index contributed by atoms with van der Waals surface area (Å²) >= 11 is 0. The molecule has 1 N–H and O–H groups in total. The van der Waals surface area contributed by atoms with Crippen LogP contribution in [-0.2, 0) is 21.4 Å². The number of sulfonamides is 1. The molecule has 3 rings (SSSR count). The Balaban J connectivity index is 1.76. The van der Waals surface area contributed by atoms with Crippen molar-refractivity contribution in [3.05, 3.63) is 78.1 Å². The van der Waals surface area contributed by atoms with Crippen molar-refractivity contribution in [3.8, 4) is 0 Å². The molecule has 1 atom stereocenters. The van der Waals surface area contributed by atoms with Crippen molar-refractivity contribution >= 4 is 32.4 Å². The Morgan fingerprint density at radius 2 is 1.68 bits per heavy atom. The quantitative estimate of drug-likeness (QED) is 0.689. The molecule has 5 nitrogen and oxygen atoms in total. The number of carbonyl (C=O) groups excluding carboxylic acids is 1. The second-order valence-electron chi connectivity index (χ2n) is 6.61. The number of anilines is 1. The monoisotopic (exact) mass is 400 g/mol. The number of nitrogens with zero attached hydrogens (tertiary/aromatic N) is 1. The number of nitrogens with one attached hydrogen (secondary N) is 1. The first-order chi connectivity index (χ1) is 13.3. The molecule has 0 radical (unpaired) electrons. The second kappa shape index (κ2) is 7.98. The van der Waals surface area contributed by atoms with E-state index in [1.807, 2.05) is 42.5 Å². The van der Waals surface area contributed by atoms with E-state index in [2.05, 4.69) is 5.32 Å². The molecular weight excluding hydrogens is 379 g/mol. The molecule has 1 amide bonds. The van der Waals surface area contributed by atoms with E-state index in [0.717, 1.165) is 39.0 Å². The summed E-state index contributed by atoms with van der Waals surface area (Å²) in [6, 6.07) is 17.8. The Labute approximate surface area is 163 Å². The van der Waals surface area contributed by atoms with E-state index in [4.69, 9.17) is 0 Å². The van der Waals surface area contributed by atoms with Crippen molar-refractivity contribution < 1.29 is 17.6 Å². The lowest BCUT2D eigenvalue weighted by Gasteiger charge is -2.28. The van der Waals surface area contributed by atoms with E-state index < -0.39 is 27.8 Å². The standard InChI is InChI=1S/C21H21FN2O3S/c1-15(24(28(2,26)27)20-11-9-19(22)10-12-20)21(25)23-14-16-7-8-17-5-3-4-6-18(17)13-16/h3-13,15H,14H2,1-2H3,(H,23,25). The minimum Gasteiger partial charge on any atom is -0.350 e. The Kier molecular flexibility index (Phi) is 5.65. The number of benzene rings is 3. The Bertz CT molecular complexity index is 1100. The highest BCUT2D eigenvalue weighted by Crippen LogP contribution is 2.21. The topological polar surface area (TPSA) is 66.5 Å². The van der Waals surface area contributed by atoms with E-state index in [0.29, 0.717) is 0 Å². The van der Waals surface area contributed by atoms with E-state index in [1.54, 1.807) is 0 Å². The maximum absolute atomic E-state index is 13.2. The highest BCUT2D eigenvalue weighted by Gasteiger charge is 2.28. The van der Waals surface area contributed by atoms with Crippen LogP contribution in [0.25, 0.3) is 10.8 Å². The third-order valence-electron chi connectivity index (χ3n) is 4.45. The summed E-state index contributed by atoms with van der Waals surface area (Å²) in [5.74, 6) is -0.923. The second-order valence-corrected chi connectivity index (χ2v) is 8.47. The van der Waals surface area contributed by atoms with Crippen molar-refractivity contribution in [3.63, 3.8) is 0 Å². The van der Waals surface area contributed by atoms with Crippen LogP contribution in [0.5, 0.6) is 0 Å². The van der Waals surface area contributed by atoms with Crippen LogP contribution in [0.3, 0.4) is 0 Å². The minimum atomic E-state index is -3.74. The summed E-state index contributed by atoms with van der Waals surface area (Å²) in [4.78, 5) is 12.6. The molecule has 28 heavy (non-hydrogen) atoms. The number of amides is 1. The highest BCUT2D eigenvalue weighted by atomic mass is 32.2. The highest BCUT2D eigenvalue weighted by molar-refractivity contribution is 7.92. The molecule has 0 heterocycles. The smallest absolute Gasteiger partial charge is 0.243 e. The first-order valence-electron chi connectivity index (χ1n) is 8.76. The molecule has 0 saturated carbocycles. The molecule has 7 heteroatoms. The Morgan fingerprint density at radius 3 is 2.32 bits per heavy atom. The molecule has 0 spiro atoms. The number of fused-ring (bicyclic) bond motifs is 1. The predicted molar refractivity (Wildman–Crippen MR) is 109 cm³/mol. The fraction of sp³-hybridized carbons (Fsp3) is 0.190. The van der Waals surface area contributed by atoms with Crippen molar-refractivity contribution in [1.82, 2.24) is 5.32 Å². The lowest BCUT2D eigenvalue weighted by Crippen LogP contribution is -2.47. The van der Waals surface area contributed by atoms with Crippen molar-refractivity contribution in [1.29, 1.82) is 0 Å². The summed E-state index contributed by atoms with van der Waals surface area (Å²) < 4.78 is 38.6. The molecule has 0 fully saturated rings. The number of halogens is 1. The lowest BCUT2D eigenvalue weighted by atomic mass is 10.1. The van der Waals surface area contributed by atoms with E-state index in [9.17, 15) is 17.6 Å². The van der Waals surface area contributed by atoms with Gasteiger partial charge in [-0.2, -0.15) is 0 Å². The fourth-order valence-corrected chi connectivity index (χ4v) is 4.26. The zero-order valence-electron chi connectivity index (χ0n) is 15.6. The van der Waals surface area contributed by atoms with Crippen LogP contribution in [0.1, 0.15) is 12.5 Å². The van der Waals surface area contributed by atoms with Crippen LogP contribution in [0, 0.1) is 5.82 Å². The van der Waals surface area contributed by atoms with Crippen LogP contribution in [0.15, 0.2) is 66.7 Å². The molecule has 0 aromatic heterocycles. The Hall–Kier alpha value is -2.93. The predicted octanol–water partition coefficient (Wildman–Crippen LogP) is 3.45. The summed E-state index contributed by atoms with van der Waals surface area (Å²) in [6.45, 7) is 1.77. The van der Waals surface area contributed by atoms with Crippen molar-refractivity contribution in [2.24, 2.45) is 0 Å². The van der Waals surface area contributed by atoms with Gasteiger partial charge in [-0.15, -0.1) is 0 Å². The molecular formula is C21H21FN2O3S. The van der Waals surface area contributed by atoms with Crippen molar-refractivity contribution in [2.45, 2.75) is 19.5 Å². The summed E-state index contributed by atoms with van der Waals surface area (Å²) in [5, 5.41) is 4.94. The molecule has 0 saturated heterocycles. The SMILES string of the molecule is CC(C(=O)NCc1ccc2ccccc2c1)N(c1ccc(F)cc1)S(C)(=O)=O. The van der Waals surface area contributed by atoms with Crippen molar-refractivity contribution in [2.75, 3.05) is 10.6 Å². The molecule has 0 aliphatic heterocycles. The summed E-state index contributed by atoms with van der Waals surface area (Å²) in [5.41, 5.74) is 1.14. The molecule has 3 aromatic carbocycles. The fourth-order valence-electron chi connectivity index (χ4n) is 3.08. The van der Waals surface area contributed by atoms with Gasteiger partial charge in [-0.25, -0.2) is 12.8 Å². The van der Waals surface area contributed by atoms with Gasteiger partial charge in [0.05, 0.1) is 11.9 Å². The lowest BCUT2D eigenvalue weighted by molar-refractivity contribution is -0.122. The molecule has 0 bridgehead atoms. The molecule has 0 aliphatic carbocycles. The van der Waals surface area contributed by atoms with Gasteiger partial charge in [0.25, 0.3) is 0 Å². The molecule has 1 unspecified atom stereocenters.